The number of benzene rings is 1. The number of pyridine rings is 1. The Morgan fingerprint density at radius 1 is 1.20 bits per heavy atom. The lowest BCUT2D eigenvalue weighted by molar-refractivity contribution is 0.0644. The number of aryl methyl sites for hydroxylation is 1. The molecule has 1 aromatic heterocycles. The Labute approximate surface area is 114 Å². The van der Waals surface area contributed by atoms with E-state index in [4.69, 9.17) is 10.2 Å². The molecule has 0 fully saturated rings. The molecule has 3 N–H and O–H groups in total. The molecule has 0 atom stereocenters. The zero-order valence-corrected chi connectivity index (χ0v) is 10.8. The zero-order valence-electron chi connectivity index (χ0n) is 10.8. The van der Waals surface area contributed by atoms with Gasteiger partial charge in [0.1, 0.15) is 11.3 Å². The molecule has 0 unspecified atom stereocenters. The van der Waals surface area contributed by atoms with Gasteiger partial charge in [0.2, 0.25) is 0 Å². The Bertz CT molecular complexity index is 708. The second-order valence-electron chi connectivity index (χ2n) is 4.36. The summed E-state index contributed by atoms with van der Waals surface area (Å²) in [6, 6.07) is 5.01. The van der Waals surface area contributed by atoms with Crippen LogP contribution < -0.4 is 0 Å². The first kappa shape index (κ1) is 13.8. The van der Waals surface area contributed by atoms with Crippen LogP contribution in [0.2, 0.25) is 0 Å². The molecule has 20 heavy (non-hydrogen) atoms. The SMILES string of the molecule is CCCc1cccc2nc(C(=O)O)c(C(=O)O)c(O)c12. The van der Waals surface area contributed by atoms with Gasteiger partial charge in [-0.15, -0.1) is 0 Å². The summed E-state index contributed by atoms with van der Waals surface area (Å²) < 4.78 is 0. The Morgan fingerprint density at radius 3 is 2.45 bits per heavy atom. The number of fused-ring (bicyclic) bond motifs is 1. The average molecular weight is 275 g/mol. The van der Waals surface area contributed by atoms with Crippen LogP contribution in [0.15, 0.2) is 18.2 Å². The fourth-order valence-electron chi connectivity index (χ4n) is 2.20. The number of nitrogens with zero attached hydrogens (tertiary/aromatic N) is 1. The molecule has 0 spiro atoms. The van der Waals surface area contributed by atoms with Crippen molar-refractivity contribution in [1.29, 1.82) is 0 Å². The lowest BCUT2D eigenvalue weighted by atomic mass is 10.00. The minimum absolute atomic E-state index is 0.274. The van der Waals surface area contributed by atoms with Gasteiger partial charge in [-0.3, -0.25) is 0 Å². The molecular formula is C14H13NO5. The molecule has 0 radical (unpaired) electrons. The van der Waals surface area contributed by atoms with Gasteiger partial charge in [0.05, 0.1) is 5.52 Å². The number of hydrogen-bond donors (Lipinski definition) is 3. The van der Waals surface area contributed by atoms with E-state index in [2.05, 4.69) is 4.98 Å². The Hall–Kier alpha value is -2.63. The van der Waals surface area contributed by atoms with Gasteiger partial charge >= 0.3 is 11.9 Å². The first-order chi connectivity index (χ1) is 9.47. The van der Waals surface area contributed by atoms with Gasteiger partial charge in [-0.1, -0.05) is 25.5 Å². The third-order valence-electron chi connectivity index (χ3n) is 3.01. The van der Waals surface area contributed by atoms with Gasteiger partial charge in [-0.05, 0) is 18.1 Å². The minimum atomic E-state index is -1.51. The van der Waals surface area contributed by atoms with Gasteiger partial charge in [-0.2, -0.15) is 0 Å². The fourth-order valence-corrected chi connectivity index (χ4v) is 2.20. The number of carbonyl (C=O) groups is 2. The minimum Gasteiger partial charge on any atom is -0.506 e. The van der Waals surface area contributed by atoms with Gasteiger partial charge in [0.25, 0.3) is 0 Å². The number of carboxylic acids is 2. The van der Waals surface area contributed by atoms with Crippen molar-refractivity contribution in [1.82, 2.24) is 4.98 Å². The van der Waals surface area contributed by atoms with Crippen LogP contribution in [0.5, 0.6) is 5.75 Å². The third-order valence-corrected chi connectivity index (χ3v) is 3.01. The normalized spacial score (nSPS) is 10.7. The number of carboxylic acid groups (broad SMARTS) is 2. The van der Waals surface area contributed by atoms with Crippen molar-refractivity contribution in [2.24, 2.45) is 0 Å². The summed E-state index contributed by atoms with van der Waals surface area (Å²) in [4.78, 5) is 26.2. The molecule has 0 saturated heterocycles. The molecule has 0 aliphatic heterocycles. The maximum atomic E-state index is 11.2. The van der Waals surface area contributed by atoms with Crippen molar-refractivity contribution in [3.05, 3.63) is 35.0 Å². The number of hydrogen-bond acceptors (Lipinski definition) is 4. The molecule has 2 rings (SSSR count). The van der Waals surface area contributed by atoms with Crippen LogP contribution in [0.3, 0.4) is 0 Å². The number of aromatic nitrogens is 1. The summed E-state index contributed by atoms with van der Waals surface area (Å²) >= 11 is 0. The molecule has 0 saturated carbocycles. The van der Waals surface area contributed by atoms with Crippen molar-refractivity contribution < 1.29 is 24.9 Å². The van der Waals surface area contributed by atoms with Gasteiger partial charge in [-0.25, -0.2) is 14.6 Å². The first-order valence-corrected chi connectivity index (χ1v) is 6.08. The highest BCUT2D eigenvalue weighted by atomic mass is 16.4. The second-order valence-corrected chi connectivity index (χ2v) is 4.36. The maximum Gasteiger partial charge on any atom is 0.355 e. The van der Waals surface area contributed by atoms with Gasteiger partial charge in [0, 0.05) is 5.39 Å². The van der Waals surface area contributed by atoms with Crippen molar-refractivity contribution >= 4 is 22.8 Å². The average Bonchev–Trinajstić information content (AvgIpc) is 2.38. The van der Waals surface area contributed by atoms with E-state index in [9.17, 15) is 14.7 Å². The molecule has 1 heterocycles. The van der Waals surface area contributed by atoms with Crippen LogP contribution in [0.25, 0.3) is 10.9 Å². The van der Waals surface area contributed by atoms with Crippen LogP contribution in [0.1, 0.15) is 39.8 Å². The largest absolute Gasteiger partial charge is 0.506 e. The number of rotatable bonds is 4. The lowest BCUT2D eigenvalue weighted by Crippen LogP contribution is -2.11. The molecule has 0 amide bonds. The molecule has 2 aromatic rings. The van der Waals surface area contributed by atoms with Crippen LogP contribution in [0.4, 0.5) is 0 Å². The van der Waals surface area contributed by atoms with E-state index in [0.717, 1.165) is 12.0 Å². The molecule has 0 aliphatic carbocycles. The van der Waals surface area contributed by atoms with E-state index in [-0.39, 0.29) is 5.52 Å². The smallest absolute Gasteiger partial charge is 0.355 e. The van der Waals surface area contributed by atoms with Gasteiger partial charge in [0.15, 0.2) is 5.69 Å². The lowest BCUT2D eigenvalue weighted by Gasteiger charge is -2.11. The predicted octanol–water partition coefficient (Wildman–Crippen LogP) is 2.29. The van der Waals surface area contributed by atoms with Crippen LogP contribution in [-0.4, -0.2) is 32.2 Å². The third kappa shape index (κ3) is 2.16. The Balaban J connectivity index is 2.91. The highest BCUT2D eigenvalue weighted by Gasteiger charge is 2.25. The summed E-state index contributed by atoms with van der Waals surface area (Å²) in [7, 11) is 0. The van der Waals surface area contributed by atoms with Gasteiger partial charge < -0.3 is 15.3 Å². The van der Waals surface area contributed by atoms with Crippen molar-refractivity contribution in [3.8, 4) is 5.75 Å². The highest BCUT2D eigenvalue weighted by molar-refractivity contribution is 6.07. The molecule has 0 bridgehead atoms. The topological polar surface area (TPSA) is 108 Å². The Morgan fingerprint density at radius 2 is 1.90 bits per heavy atom. The van der Waals surface area contributed by atoms with Crippen molar-refractivity contribution in [2.75, 3.05) is 0 Å². The molecule has 1 aromatic carbocycles. The summed E-state index contributed by atoms with van der Waals surface area (Å²) in [5, 5.41) is 28.6. The van der Waals surface area contributed by atoms with Crippen LogP contribution >= 0.6 is 0 Å². The van der Waals surface area contributed by atoms with E-state index in [0.29, 0.717) is 11.8 Å². The number of aromatic carboxylic acids is 2. The summed E-state index contributed by atoms with van der Waals surface area (Å²) in [6.45, 7) is 1.95. The van der Waals surface area contributed by atoms with E-state index >= 15 is 0 Å². The van der Waals surface area contributed by atoms with Crippen LogP contribution in [-0.2, 0) is 6.42 Å². The second kappa shape index (κ2) is 5.16. The van der Waals surface area contributed by atoms with Crippen molar-refractivity contribution in [3.63, 3.8) is 0 Å². The van der Waals surface area contributed by atoms with E-state index < -0.39 is 28.9 Å². The number of aromatic hydroxyl groups is 1. The fraction of sp³-hybridized carbons (Fsp3) is 0.214. The quantitative estimate of drug-likeness (QED) is 0.790. The molecular weight excluding hydrogens is 262 g/mol. The Kier molecular flexibility index (Phi) is 3.56. The highest BCUT2D eigenvalue weighted by Crippen LogP contribution is 2.33. The molecule has 6 nitrogen and oxygen atoms in total. The monoisotopic (exact) mass is 275 g/mol. The summed E-state index contributed by atoms with van der Waals surface area (Å²) in [6.07, 6.45) is 1.44. The predicted molar refractivity (Wildman–Crippen MR) is 71.3 cm³/mol. The molecule has 0 aliphatic rings. The summed E-state index contributed by atoms with van der Waals surface area (Å²) in [5.74, 6) is -3.54. The van der Waals surface area contributed by atoms with E-state index in [1.165, 1.54) is 0 Å². The van der Waals surface area contributed by atoms with E-state index in [1.807, 2.05) is 6.92 Å². The van der Waals surface area contributed by atoms with E-state index in [1.54, 1.807) is 18.2 Å². The van der Waals surface area contributed by atoms with Crippen LogP contribution in [0, 0.1) is 0 Å². The molecule has 104 valence electrons. The first-order valence-electron chi connectivity index (χ1n) is 6.08. The van der Waals surface area contributed by atoms with Crippen molar-refractivity contribution in [2.45, 2.75) is 19.8 Å². The summed E-state index contributed by atoms with van der Waals surface area (Å²) in [5.41, 5.74) is -0.310. The molecule has 6 heteroatoms. The zero-order chi connectivity index (χ0) is 14.9. The standard InChI is InChI=1S/C14H13NO5/c1-2-4-7-5-3-6-8-9(7)12(16)10(13(17)18)11(15-8)14(19)20/h3,5-6H,2,4H2,1H3,(H,15,16)(H,17,18)(H,19,20). The maximum absolute atomic E-state index is 11.2.